The number of rotatable bonds is 3. The van der Waals surface area contributed by atoms with Crippen LogP contribution in [-0.2, 0) is 0 Å². The monoisotopic (exact) mass is 300 g/mol. The topological polar surface area (TPSA) is 64.5 Å². The van der Waals surface area contributed by atoms with E-state index in [1.165, 1.54) is 25.4 Å². The largest absolute Gasteiger partial charge is 0.503 e. The van der Waals surface area contributed by atoms with Gasteiger partial charge in [-0.1, -0.05) is 6.07 Å². The molecule has 0 amide bonds. The maximum Gasteiger partial charge on any atom is 0.257 e. The number of halogens is 1. The van der Waals surface area contributed by atoms with Gasteiger partial charge in [0.25, 0.3) is 5.88 Å². The summed E-state index contributed by atoms with van der Waals surface area (Å²) in [6.45, 7) is 1.80. The van der Waals surface area contributed by atoms with Gasteiger partial charge in [-0.15, -0.1) is 0 Å². The van der Waals surface area contributed by atoms with Gasteiger partial charge in [0.1, 0.15) is 5.52 Å². The normalized spacial score (nSPS) is 10.7. The maximum atomic E-state index is 13.9. The molecule has 6 heteroatoms. The van der Waals surface area contributed by atoms with Crippen LogP contribution in [-0.4, -0.2) is 22.2 Å². The second kappa shape index (κ2) is 5.48. The van der Waals surface area contributed by atoms with E-state index in [4.69, 9.17) is 9.47 Å². The number of nitrogens with zero attached hydrogens (tertiary/aromatic N) is 2. The van der Waals surface area contributed by atoms with Gasteiger partial charge in [0.15, 0.2) is 23.1 Å². The quantitative estimate of drug-likeness (QED) is 0.801. The maximum absolute atomic E-state index is 13.9. The SMILES string of the molecule is COc1nc2c(Oc3ccc(C)cc3F)ccnc2cc1O. The lowest BCUT2D eigenvalue weighted by molar-refractivity contribution is 0.360. The van der Waals surface area contributed by atoms with E-state index >= 15 is 0 Å². The number of hydrogen-bond acceptors (Lipinski definition) is 5. The summed E-state index contributed by atoms with van der Waals surface area (Å²) in [5.74, 6) is -0.121. The fourth-order valence-corrected chi connectivity index (χ4v) is 2.06. The number of hydrogen-bond donors (Lipinski definition) is 1. The molecule has 22 heavy (non-hydrogen) atoms. The van der Waals surface area contributed by atoms with E-state index in [0.717, 1.165) is 5.56 Å². The Morgan fingerprint density at radius 2 is 1.95 bits per heavy atom. The van der Waals surface area contributed by atoms with E-state index in [-0.39, 0.29) is 17.4 Å². The van der Waals surface area contributed by atoms with Crippen molar-refractivity contribution in [1.29, 1.82) is 0 Å². The van der Waals surface area contributed by atoms with Crippen molar-refractivity contribution in [1.82, 2.24) is 9.97 Å². The van der Waals surface area contributed by atoms with E-state index in [1.807, 2.05) is 0 Å². The molecule has 0 unspecified atom stereocenters. The lowest BCUT2D eigenvalue weighted by atomic mass is 10.2. The molecule has 5 nitrogen and oxygen atoms in total. The fraction of sp³-hybridized carbons (Fsp3) is 0.125. The highest BCUT2D eigenvalue weighted by molar-refractivity contribution is 5.83. The van der Waals surface area contributed by atoms with Crippen LogP contribution in [0.25, 0.3) is 11.0 Å². The molecule has 0 saturated carbocycles. The average molecular weight is 300 g/mol. The van der Waals surface area contributed by atoms with Gasteiger partial charge in [-0.05, 0) is 24.6 Å². The van der Waals surface area contributed by atoms with Crippen molar-refractivity contribution in [2.45, 2.75) is 6.92 Å². The van der Waals surface area contributed by atoms with Crippen LogP contribution in [0.3, 0.4) is 0 Å². The highest BCUT2D eigenvalue weighted by Crippen LogP contribution is 2.34. The molecule has 2 aromatic heterocycles. The Hall–Kier alpha value is -2.89. The molecule has 0 fully saturated rings. The van der Waals surface area contributed by atoms with Crippen molar-refractivity contribution in [3.05, 3.63) is 47.9 Å². The van der Waals surface area contributed by atoms with Crippen molar-refractivity contribution in [2.75, 3.05) is 7.11 Å². The summed E-state index contributed by atoms with van der Waals surface area (Å²) < 4.78 is 24.5. The van der Waals surface area contributed by atoms with Crippen molar-refractivity contribution < 1.29 is 19.0 Å². The zero-order chi connectivity index (χ0) is 15.7. The molecule has 2 heterocycles. The zero-order valence-electron chi connectivity index (χ0n) is 12.0. The molecule has 1 aromatic carbocycles. The molecule has 3 aromatic rings. The Morgan fingerprint density at radius 1 is 1.14 bits per heavy atom. The lowest BCUT2D eigenvalue weighted by Crippen LogP contribution is -1.95. The van der Waals surface area contributed by atoms with Crippen molar-refractivity contribution in [3.63, 3.8) is 0 Å². The summed E-state index contributed by atoms with van der Waals surface area (Å²) >= 11 is 0. The van der Waals surface area contributed by atoms with Crippen LogP contribution in [0.15, 0.2) is 36.5 Å². The minimum Gasteiger partial charge on any atom is -0.503 e. The van der Waals surface area contributed by atoms with E-state index in [0.29, 0.717) is 16.8 Å². The fourth-order valence-electron chi connectivity index (χ4n) is 2.06. The van der Waals surface area contributed by atoms with Crippen LogP contribution < -0.4 is 9.47 Å². The molecule has 0 bridgehead atoms. The van der Waals surface area contributed by atoms with Gasteiger partial charge in [0.2, 0.25) is 0 Å². The molecule has 0 aliphatic rings. The summed E-state index contributed by atoms with van der Waals surface area (Å²) in [5.41, 5.74) is 1.59. The molecular weight excluding hydrogens is 287 g/mol. The zero-order valence-corrected chi connectivity index (χ0v) is 12.0. The summed E-state index contributed by atoms with van der Waals surface area (Å²) in [5, 5.41) is 9.74. The smallest absolute Gasteiger partial charge is 0.257 e. The minimum atomic E-state index is -0.462. The minimum absolute atomic E-state index is 0.0507. The van der Waals surface area contributed by atoms with E-state index in [2.05, 4.69) is 9.97 Å². The van der Waals surface area contributed by atoms with Crippen LogP contribution in [0.4, 0.5) is 4.39 Å². The Kier molecular flexibility index (Phi) is 3.50. The highest BCUT2D eigenvalue weighted by Gasteiger charge is 2.13. The summed E-state index contributed by atoms with van der Waals surface area (Å²) in [6.07, 6.45) is 1.50. The van der Waals surface area contributed by atoms with Crippen LogP contribution in [0, 0.1) is 12.7 Å². The molecule has 0 atom stereocenters. The molecule has 3 rings (SSSR count). The Labute approximate surface area is 126 Å². The first-order chi connectivity index (χ1) is 10.6. The van der Waals surface area contributed by atoms with E-state index in [9.17, 15) is 9.50 Å². The average Bonchev–Trinajstić information content (AvgIpc) is 2.49. The number of aryl methyl sites for hydroxylation is 1. The molecular formula is C16H13FN2O3. The van der Waals surface area contributed by atoms with Crippen molar-refractivity contribution >= 4 is 11.0 Å². The first-order valence-electron chi connectivity index (χ1n) is 6.55. The van der Waals surface area contributed by atoms with E-state index < -0.39 is 5.82 Å². The van der Waals surface area contributed by atoms with Crippen LogP contribution in [0.5, 0.6) is 23.1 Å². The number of methoxy groups -OCH3 is 1. The van der Waals surface area contributed by atoms with Gasteiger partial charge in [-0.2, -0.15) is 0 Å². The molecule has 0 radical (unpaired) electrons. The summed E-state index contributed by atoms with van der Waals surface area (Å²) in [6, 6.07) is 7.68. The first kappa shape index (κ1) is 14.1. The standard InChI is InChI=1S/C16H13FN2O3/c1-9-3-4-13(10(17)7-9)22-14-5-6-18-11-8-12(20)16(21-2)19-15(11)14/h3-8,20H,1-2H3. The van der Waals surface area contributed by atoms with Gasteiger partial charge in [-0.3, -0.25) is 4.98 Å². The third-order valence-corrected chi connectivity index (χ3v) is 3.12. The molecule has 0 spiro atoms. The molecule has 1 N–H and O–H groups in total. The first-order valence-corrected chi connectivity index (χ1v) is 6.55. The van der Waals surface area contributed by atoms with Crippen molar-refractivity contribution in [3.8, 4) is 23.1 Å². The Morgan fingerprint density at radius 3 is 2.68 bits per heavy atom. The number of aromatic hydroxyl groups is 1. The van der Waals surface area contributed by atoms with E-state index in [1.54, 1.807) is 25.1 Å². The molecule has 0 aliphatic carbocycles. The number of pyridine rings is 2. The van der Waals surface area contributed by atoms with Crippen LogP contribution in [0.1, 0.15) is 5.56 Å². The van der Waals surface area contributed by atoms with Crippen LogP contribution in [0.2, 0.25) is 0 Å². The third-order valence-electron chi connectivity index (χ3n) is 3.12. The molecule has 0 aliphatic heterocycles. The number of aromatic nitrogens is 2. The summed E-state index contributed by atoms with van der Waals surface area (Å²) in [4.78, 5) is 8.26. The van der Waals surface area contributed by atoms with Gasteiger partial charge in [0, 0.05) is 18.3 Å². The predicted octanol–water partition coefficient (Wildman–Crippen LogP) is 3.58. The van der Waals surface area contributed by atoms with Gasteiger partial charge in [0.05, 0.1) is 12.6 Å². The number of ether oxygens (including phenoxy) is 2. The summed E-state index contributed by atoms with van der Waals surface area (Å²) in [7, 11) is 1.39. The Bertz CT molecular complexity index is 852. The third kappa shape index (κ3) is 2.50. The molecule has 0 saturated heterocycles. The second-order valence-corrected chi connectivity index (χ2v) is 4.73. The Balaban J connectivity index is 2.10. The number of benzene rings is 1. The van der Waals surface area contributed by atoms with Gasteiger partial charge < -0.3 is 14.6 Å². The highest BCUT2D eigenvalue weighted by atomic mass is 19.1. The second-order valence-electron chi connectivity index (χ2n) is 4.73. The predicted molar refractivity (Wildman–Crippen MR) is 79.0 cm³/mol. The van der Waals surface area contributed by atoms with Gasteiger partial charge in [-0.25, -0.2) is 9.37 Å². The van der Waals surface area contributed by atoms with Crippen molar-refractivity contribution in [2.24, 2.45) is 0 Å². The number of fused-ring (bicyclic) bond motifs is 1. The van der Waals surface area contributed by atoms with Gasteiger partial charge >= 0.3 is 0 Å². The molecule has 112 valence electrons. The lowest BCUT2D eigenvalue weighted by Gasteiger charge is -2.10. The van der Waals surface area contributed by atoms with Crippen LogP contribution >= 0.6 is 0 Å².